The Balaban J connectivity index is 2.00. The molecule has 94 valence electrons. The summed E-state index contributed by atoms with van der Waals surface area (Å²) in [6.07, 6.45) is 1.77. The molecule has 2 nitrogen and oxygen atoms in total. The summed E-state index contributed by atoms with van der Waals surface area (Å²) in [6, 6.07) is 12.7. The Morgan fingerprint density at radius 2 is 1.89 bits per heavy atom. The molecule has 0 atom stereocenters. The number of benzene rings is 1. The van der Waals surface area contributed by atoms with E-state index in [-0.39, 0.29) is 0 Å². The van der Waals surface area contributed by atoms with Gasteiger partial charge in [-0.25, -0.2) is 4.98 Å². The standard InChI is InChI=1S/C15H17BrN2/c1-11(2)13-7-5-12(6-8-13)10-18-14-4-3-9-17-15(14)16/h3-9,11,18H,10H2,1-2H3. The van der Waals surface area contributed by atoms with Crippen molar-refractivity contribution in [2.24, 2.45) is 0 Å². The average Bonchev–Trinajstić information content (AvgIpc) is 2.38. The van der Waals surface area contributed by atoms with Crippen LogP contribution in [0.5, 0.6) is 0 Å². The van der Waals surface area contributed by atoms with Gasteiger partial charge in [0.1, 0.15) is 4.60 Å². The van der Waals surface area contributed by atoms with E-state index < -0.39 is 0 Å². The lowest BCUT2D eigenvalue weighted by molar-refractivity contribution is 0.865. The van der Waals surface area contributed by atoms with Crippen molar-refractivity contribution in [1.29, 1.82) is 0 Å². The third-order valence-corrected chi connectivity index (χ3v) is 3.52. The molecule has 0 saturated carbocycles. The highest BCUT2D eigenvalue weighted by Gasteiger charge is 2.01. The Bertz CT molecular complexity index is 506. The molecule has 0 unspecified atom stereocenters. The maximum Gasteiger partial charge on any atom is 0.129 e. The van der Waals surface area contributed by atoms with Crippen molar-refractivity contribution >= 4 is 21.6 Å². The average molecular weight is 305 g/mol. The summed E-state index contributed by atoms with van der Waals surface area (Å²) in [5.74, 6) is 0.583. The predicted octanol–water partition coefficient (Wildman–Crippen LogP) is 4.58. The van der Waals surface area contributed by atoms with Crippen LogP contribution in [-0.2, 0) is 6.54 Å². The van der Waals surface area contributed by atoms with Crippen LogP contribution in [0.3, 0.4) is 0 Å². The minimum atomic E-state index is 0.583. The molecule has 0 bridgehead atoms. The van der Waals surface area contributed by atoms with Gasteiger partial charge in [-0.15, -0.1) is 0 Å². The van der Waals surface area contributed by atoms with Gasteiger partial charge in [0.25, 0.3) is 0 Å². The van der Waals surface area contributed by atoms with Gasteiger partial charge in [-0.05, 0) is 45.1 Å². The van der Waals surface area contributed by atoms with E-state index in [1.165, 1.54) is 11.1 Å². The molecule has 0 aliphatic rings. The molecule has 0 aliphatic carbocycles. The largest absolute Gasteiger partial charge is 0.379 e. The van der Waals surface area contributed by atoms with Crippen LogP contribution in [0.4, 0.5) is 5.69 Å². The Morgan fingerprint density at radius 1 is 1.17 bits per heavy atom. The molecule has 1 heterocycles. The fraction of sp³-hybridized carbons (Fsp3) is 0.267. The minimum Gasteiger partial charge on any atom is -0.379 e. The number of nitrogens with one attached hydrogen (secondary N) is 1. The first-order chi connectivity index (χ1) is 8.66. The lowest BCUT2D eigenvalue weighted by Crippen LogP contribution is -2.01. The SMILES string of the molecule is CC(C)c1ccc(CNc2cccnc2Br)cc1. The van der Waals surface area contributed by atoms with Gasteiger partial charge in [-0.2, -0.15) is 0 Å². The Labute approximate surface area is 117 Å². The second kappa shape index (κ2) is 6.01. The minimum absolute atomic E-state index is 0.583. The lowest BCUT2D eigenvalue weighted by Gasteiger charge is -2.09. The zero-order chi connectivity index (χ0) is 13.0. The van der Waals surface area contributed by atoms with Gasteiger partial charge in [0.15, 0.2) is 0 Å². The summed E-state index contributed by atoms with van der Waals surface area (Å²) in [4.78, 5) is 4.18. The van der Waals surface area contributed by atoms with Crippen LogP contribution in [0.25, 0.3) is 0 Å². The maximum absolute atomic E-state index is 4.18. The maximum atomic E-state index is 4.18. The van der Waals surface area contributed by atoms with Crippen LogP contribution in [0, 0.1) is 0 Å². The van der Waals surface area contributed by atoms with Crippen LogP contribution in [0.2, 0.25) is 0 Å². The van der Waals surface area contributed by atoms with E-state index in [1.54, 1.807) is 6.20 Å². The molecular formula is C15H17BrN2. The Morgan fingerprint density at radius 3 is 2.50 bits per heavy atom. The molecule has 18 heavy (non-hydrogen) atoms. The molecule has 0 fully saturated rings. The summed E-state index contributed by atoms with van der Waals surface area (Å²) in [5.41, 5.74) is 3.67. The first kappa shape index (κ1) is 13.1. The van der Waals surface area contributed by atoms with Gasteiger partial charge in [0, 0.05) is 12.7 Å². The smallest absolute Gasteiger partial charge is 0.129 e. The number of anilines is 1. The third kappa shape index (κ3) is 3.33. The van der Waals surface area contributed by atoms with Crippen molar-refractivity contribution in [2.75, 3.05) is 5.32 Å². The van der Waals surface area contributed by atoms with Crippen LogP contribution >= 0.6 is 15.9 Å². The summed E-state index contributed by atoms with van der Waals surface area (Å²) in [7, 11) is 0. The second-order valence-electron chi connectivity index (χ2n) is 4.59. The molecular weight excluding hydrogens is 288 g/mol. The zero-order valence-electron chi connectivity index (χ0n) is 10.7. The molecule has 1 aromatic heterocycles. The number of rotatable bonds is 4. The molecule has 2 aromatic rings. The molecule has 0 aliphatic heterocycles. The van der Waals surface area contributed by atoms with E-state index in [9.17, 15) is 0 Å². The van der Waals surface area contributed by atoms with E-state index in [1.807, 2.05) is 12.1 Å². The van der Waals surface area contributed by atoms with Crippen LogP contribution in [-0.4, -0.2) is 4.98 Å². The summed E-state index contributed by atoms with van der Waals surface area (Å²) >= 11 is 3.43. The van der Waals surface area contributed by atoms with E-state index in [0.717, 1.165) is 16.8 Å². The van der Waals surface area contributed by atoms with Crippen molar-refractivity contribution in [1.82, 2.24) is 4.98 Å². The van der Waals surface area contributed by atoms with Crippen molar-refractivity contribution < 1.29 is 0 Å². The topological polar surface area (TPSA) is 24.9 Å². The first-order valence-corrected chi connectivity index (χ1v) is 6.89. The van der Waals surface area contributed by atoms with Crippen LogP contribution in [0.1, 0.15) is 30.9 Å². The number of hydrogen-bond donors (Lipinski definition) is 1. The van der Waals surface area contributed by atoms with E-state index in [0.29, 0.717) is 5.92 Å². The number of aromatic nitrogens is 1. The van der Waals surface area contributed by atoms with Crippen molar-refractivity contribution in [3.8, 4) is 0 Å². The predicted molar refractivity (Wildman–Crippen MR) is 79.8 cm³/mol. The van der Waals surface area contributed by atoms with E-state index in [4.69, 9.17) is 0 Å². The highest BCUT2D eigenvalue weighted by atomic mass is 79.9. The third-order valence-electron chi connectivity index (χ3n) is 2.89. The normalized spacial score (nSPS) is 10.7. The number of halogens is 1. The van der Waals surface area contributed by atoms with Crippen LogP contribution in [0.15, 0.2) is 47.2 Å². The summed E-state index contributed by atoms with van der Waals surface area (Å²) in [6.45, 7) is 5.22. The number of hydrogen-bond acceptors (Lipinski definition) is 2. The summed E-state index contributed by atoms with van der Waals surface area (Å²) in [5, 5.41) is 3.37. The lowest BCUT2D eigenvalue weighted by atomic mass is 10.0. The summed E-state index contributed by atoms with van der Waals surface area (Å²) < 4.78 is 0.851. The van der Waals surface area contributed by atoms with E-state index in [2.05, 4.69) is 64.3 Å². The number of pyridine rings is 1. The van der Waals surface area contributed by atoms with Gasteiger partial charge in [-0.1, -0.05) is 38.1 Å². The Kier molecular flexibility index (Phi) is 4.37. The zero-order valence-corrected chi connectivity index (χ0v) is 12.2. The van der Waals surface area contributed by atoms with E-state index >= 15 is 0 Å². The van der Waals surface area contributed by atoms with Crippen molar-refractivity contribution in [3.05, 3.63) is 58.3 Å². The second-order valence-corrected chi connectivity index (χ2v) is 5.34. The number of nitrogens with zero attached hydrogens (tertiary/aromatic N) is 1. The van der Waals surface area contributed by atoms with Crippen molar-refractivity contribution in [3.63, 3.8) is 0 Å². The first-order valence-electron chi connectivity index (χ1n) is 6.10. The fourth-order valence-corrected chi connectivity index (χ4v) is 2.13. The van der Waals surface area contributed by atoms with Gasteiger partial charge >= 0.3 is 0 Å². The Hall–Kier alpha value is -1.35. The van der Waals surface area contributed by atoms with Crippen LogP contribution < -0.4 is 5.32 Å². The van der Waals surface area contributed by atoms with Gasteiger partial charge in [-0.3, -0.25) is 0 Å². The quantitative estimate of drug-likeness (QED) is 0.836. The molecule has 2 rings (SSSR count). The van der Waals surface area contributed by atoms with Gasteiger partial charge < -0.3 is 5.32 Å². The fourth-order valence-electron chi connectivity index (χ4n) is 1.74. The molecule has 0 radical (unpaired) electrons. The highest BCUT2D eigenvalue weighted by Crippen LogP contribution is 2.20. The molecule has 0 saturated heterocycles. The molecule has 3 heteroatoms. The van der Waals surface area contributed by atoms with Crippen molar-refractivity contribution in [2.45, 2.75) is 26.3 Å². The molecule has 1 N–H and O–H groups in total. The molecule has 0 amide bonds. The van der Waals surface area contributed by atoms with Gasteiger partial charge in [0.2, 0.25) is 0 Å². The molecule has 0 spiro atoms. The molecule has 1 aromatic carbocycles. The highest BCUT2D eigenvalue weighted by molar-refractivity contribution is 9.10. The van der Waals surface area contributed by atoms with Gasteiger partial charge in [0.05, 0.1) is 5.69 Å². The monoisotopic (exact) mass is 304 g/mol.